The third kappa shape index (κ3) is 9.06. The summed E-state index contributed by atoms with van der Waals surface area (Å²) in [5.41, 5.74) is 23.0. The Hall–Kier alpha value is -9.04. The lowest BCUT2D eigenvalue weighted by atomic mass is 9.84. The summed E-state index contributed by atoms with van der Waals surface area (Å²) >= 11 is 0. The number of hydrogen-bond acceptors (Lipinski definition) is 1. The summed E-state index contributed by atoms with van der Waals surface area (Å²) in [7, 11) is 0. The summed E-state index contributed by atoms with van der Waals surface area (Å²) in [6.07, 6.45) is 6.66. The molecule has 336 valence electrons. The van der Waals surface area contributed by atoms with Crippen molar-refractivity contribution in [1.82, 2.24) is 0 Å². The van der Waals surface area contributed by atoms with Gasteiger partial charge in [-0.2, -0.15) is 0 Å². The van der Waals surface area contributed by atoms with Gasteiger partial charge in [-0.1, -0.05) is 231 Å². The molecule has 0 saturated carbocycles. The molecule has 0 atom stereocenters. The van der Waals surface area contributed by atoms with Crippen molar-refractivity contribution >= 4 is 39.0 Å². The van der Waals surface area contributed by atoms with Crippen LogP contribution in [-0.2, 0) is 0 Å². The largest absolute Gasteiger partial charge is 0.311 e. The first-order valence-corrected chi connectivity index (χ1v) is 24.7. The van der Waals surface area contributed by atoms with Crippen LogP contribution < -0.4 is 4.90 Å². The summed E-state index contributed by atoms with van der Waals surface area (Å²) in [6.45, 7) is 0. The molecule has 1 aliphatic carbocycles. The Morgan fingerprint density at radius 1 is 0.225 bits per heavy atom. The molecule has 0 aliphatic heterocycles. The van der Waals surface area contributed by atoms with Crippen LogP contribution in [0.5, 0.6) is 0 Å². The number of anilines is 3. The minimum Gasteiger partial charge on any atom is -0.311 e. The molecule has 0 saturated heterocycles. The molecular formula is C70H51N. The van der Waals surface area contributed by atoms with Crippen LogP contribution in [-0.4, -0.2) is 0 Å². The zero-order chi connectivity index (χ0) is 47.3. The number of rotatable bonds is 11. The van der Waals surface area contributed by atoms with Crippen LogP contribution in [0.4, 0.5) is 17.1 Å². The molecule has 0 fully saturated rings. The Labute approximate surface area is 417 Å². The van der Waals surface area contributed by atoms with Crippen LogP contribution in [0.2, 0.25) is 0 Å². The van der Waals surface area contributed by atoms with Gasteiger partial charge in [0.05, 0.1) is 0 Å². The average Bonchev–Trinajstić information content (AvgIpc) is 3.46. The van der Waals surface area contributed by atoms with E-state index in [-0.39, 0.29) is 0 Å². The predicted octanol–water partition coefficient (Wildman–Crippen LogP) is 19.6. The Bertz CT molecular complexity index is 3610. The van der Waals surface area contributed by atoms with Gasteiger partial charge in [0.1, 0.15) is 0 Å². The van der Waals surface area contributed by atoms with Crippen LogP contribution in [0.15, 0.2) is 285 Å². The van der Waals surface area contributed by atoms with Gasteiger partial charge in [0.25, 0.3) is 0 Å². The topological polar surface area (TPSA) is 3.24 Å². The maximum atomic E-state index is 2.39. The fourth-order valence-corrected chi connectivity index (χ4v) is 10.3. The van der Waals surface area contributed by atoms with Crippen LogP contribution in [0.3, 0.4) is 0 Å². The molecule has 0 spiro atoms. The Kier molecular flexibility index (Phi) is 11.9. The van der Waals surface area contributed by atoms with Crippen molar-refractivity contribution in [2.45, 2.75) is 12.8 Å². The van der Waals surface area contributed by atoms with Crippen molar-refractivity contribution in [3.8, 4) is 66.8 Å². The second-order valence-corrected chi connectivity index (χ2v) is 18.4. The second kappa shape index (κ2) is 19.5. The molecule has 1 heteroatoms. The smallest absolute Gasteiger partial charge is 0.0462 e. The number of hydrogen-bond donors (Lipinski definition) is 0. The van der Waals surface area contributed by atoms with E-state index in [1.165, 1.54) is 94.2 Å². The number of allylic oxidation sites excluding steroid dienone is 4. The van der Waals surface area contributed by atoms with E-state index in [9.17, 15) is 0 Å². The van der Waals surface area contributed by atoms with Crippen molar-refractivity contribution in [1.29, 1.82) is 0 Å². The minimum absolute atomic E-state index is 0.999. The third-order valence-electron chi connectivity index (χ3n) is 14.0. The standard InChI is InChI=1S/C70H51N/c1-5-15-50(16-6-1)53-25-27-54(28-26-53)56-35-41-65(42-36-56)71(66-43-37-57(38-44-66)55-29-31-58(32-30-55)63-34-33-52-19-13-14-24-62(52)47-63)67-45-39-61(40-46-67)70-68(59-20-9-3-10-21-59)48-64(51-17-7-2-8-18-51)49-69(70)60-22-11-4-12-23-60/h1-29,31,33-49H,30,32H2. The van der Waals surface area contributed by atoms with E-state index < -0.39 is 0 Å². The molecule has 1 nitrogen and oxygen atoms in total. The molecule has 1 aliphatic rings. The van der Waals surface area contributed by atoms with Crippen molar-refractivity contribution in [2.75, 3.05) is 4.90 Å². The lowest BCUT2D eigenvalue weighted by Crippen LogP contribution is -2.10. The van der Waals surface area contributed by atoms with Crippen molar-refractivity contribution in [3.63, 3.8) is 0 Å². The molecular weight excluding hydrogens is 855 g/mol. The molecule has 0 bridgehead atoms. The van der Waals surface area contributed by atoms with Crippen LogP contribution >= 0.6 is 0 Å². The third-order valence-corrected chi connectivity index (χ3v) is 14.0. The van der Waals surface area contributed by atoms with Gasteiger partial charge < -0.3 is 4.90 Å². The van der Waals surface area contributed by atoms with E-state index >= 15 is 0 Å². The molecule has 11 aromatic carbocycles. The number of fused-ring (bicyclic) bond motifs is 1. The second-order valence-electron chi connectivity index (χ2n) is 18.4. The van der Waals surface area contributed by atoms with E-state index in [4.69, 9.17) is 0 Å². The maximum Gasteiger partial charge on any atom is 0.0462 e. The highest BCUT2D eigenvalue weighted by molar-refractivity contribution is 5.98. The highest BCUT2D eigenvalue weighted by Gasteiger charge is 2.20. The molecule has 0 unspecified atom stereocenters. The van der Waals surface area contributed by atoms with Crippen molar-refractivity contribution in [3.05, 3.63) is 296 Å². The van der Waals surface area contributed by atoms with Crippen LogP contribution in [0.25, 0.3) is 88.7 Å². The maximum absolute atomic E-state index is 2.39. The summed E-state index contributed by atoms with van der Waals surface area (Å²) in [6, 6.07) is 99.4. The zero-order valence-corrected chi connectivity index (χ0v) is 39.5. The monoisotopic (exact) mass is 905 g/mol. The molecule has 0 heterocycles. The first-order chi connectivity index (χ1) is 35.2. The first kappa shape index (κ1) is 43.3. The van der Waals surface area contributed by atoms with Gasteiger partial charge in [0.2, 0.25) is 0 Å². The molecule has 12 rings (SSSR count). The highest BCUT2D eigenvalue weighted by Crippen LogP contribution is 2.45. The molecule has 71 heavy (non-hydrogen) atoms. The molecule has 0 amide bonds. The summed E-state index contributed by atoms with van der Waals surface area (Å²) < 4.78 is 0. The molecule has 11 aromatic rings. The fraction of sp³-hybridized carbons (Fsp3) is 0.0286. The van der Waals surface area contributed by atoms with Gasteiger partial charge in [-0.15, -0.1) is 0 Å². The number of benzene rings is 11. The van der Waals surface area contributed by atoms with E-state index in [0.717, 1.165) is 35.5 Å². The Morgan fingerprint density at radius 3 is 1.03 bits per heavy atom. The summed E-state index contributed by atoms with van der Waals surface area (Å²) in [5.74, 6) is 0. The van der Waals surface area contributed by atoms with Crippen molar-refractivity contribution < 1.29 is 0 Å². The lowest BCUT2D eigenvalue weighted by molar-refractivity contribution is 1.07. The Balaban J connectivity index is 0.922. The van der Waals surface area contributed by atoms with E-state index in [1.807, 2.05) is 0 Å². The van der Waals surface area contributed by atoms with Gasteiger partial charge in [-0.3, -0.25) is 0 Å². The zero-order valence-electron chi connectivity index (χ0n) is 39.5. The molecule has 0 N–H and O–H groups in total. The van der Waals surface area contributed by atoms with E-state index in [0.29, 0.717) is 0 Å². The van der Waals surface area contributed by atoms with Crippen LogP contribution in [0.1, 0.15) is 24.0 Å². The lowest BCUT2D eigenvalue weighted by Gasteiger charge is -2.27. The average molecular weight is 906 g/mol. The fourth-order valence-electron chi connectivity index (χ4n) is 10.3. The van der Waals surface area contributed by atoms with E-state index in [2.05, 4.69) is 290 Å². The number of nitrogens with zero attached hydrogens (tertiary/aromatic N) is 1. The van der Waals surface area contributed by atoms with E-state index in [1.54, 1.807) is 0 Å². The highest BCUT2D eigenvalue weighted by atomic mass is 15.1. The van der Waals surface area contributed by atoms with Gasteiger partial charge in [-0.25, -0.2) is 0 Å². The normalized spacial score (nSPS) is 12.3. The van der Waals surface area contributed by atoms with Gasteiger partial charge in [0, 0.05) is 17.1 Å². The molecule has 0 aromatic heterocycles. The molecule has 0 radical (unpaired) electrons. The van der Waals surface area contributed by atoms with Gasteiger partial charge >= 0.3 is 0 Å². The van der Waals surface area contributed by atoms with Crippen LogP contribution in [0, 0.1) is 0 Å². The van der Waals surface area contributed by atoms with Gasteiger partial charge in [-0.05, 0) is 167 Å². The van der Waals surface area contributed by atoms with Crippen molar-refractivity contribution in [2.24, 2.45) is 0 Å². The Morgan fingerprint density at radius 2 is 0.563 bits per heavy atom. The SMILES string of the molecule is C1=C(c2ccc(N(c3ccc(-c4ccc(-c5ccccc5)cc4)cc3)c3ccc(-c4c(-c5ccccc5)cc(-c5ccccc5)cc4-c4ccccc4)cc3)cc2)CCC(c2ccc3ccccc3c2)=C1. The summed E-state index contributed by atoms with van der Waals surface area (Å²) in [4.78, 5) is 2.39. The first-order valence-electron chi connectivity index (χ1n) is 24.7. The predicted molar refractivity (Wildman–Crippen MR) is 303 cm³/mol. The van der Waals surface area contributed by atoms with Gasteiger partial charge in [0.15, 0.2) is 0 Å². The summed E-state index contributed by atoms with van der Waals surface area (Å²) in [5, 5.41) is 2.57. The minimum atomic E-state index is 0.999. The quantitative estimate of drug-likeness (QED) is 0.125.